The van der Waals surface area contributed by atoms with E-state index >= 15 is 0 Å². The fourth-order valence-electron chi connectivity index (χ4n) is 7.35. The van der Waals surface area contributed by atoms with Crippen LogP contribution in [-0.4, -0.2) is 66.5 Å². The highest BCUT2D eigenvalue weighted by atomic mass is 31.2. The van der Waals surface area contributed by atoms with Crippen molar-refractivity contribution in [1.82, 2.24) is 0 Å². The maximum atomic E-state index is 12.9. The Kier molecular flexibility index (Phi) is 52.5. The van der Waals surface area contributed by atoms with Gasteiger partial charge in [0.2, 0.25) is 0 Å². The zero-order valence-electron chi connectivity index (χ0n) is 46.5. The third-order valence-electron chi connectivity index (χ3n) is 11.7. The van der Waals surface area contributed by atoms with E-state index in [2.05, 4.69) is 112 Å². The van der Waals surface area contributed by atoms with Crippen molar-refractivity contribution in [3.63, 3.8) is 0 Å². The van der Waals surface area contributed by atoms with Crippen LogP contribution in [0.25, 0.3) is 0 Å². The van der Waals surface area contributed by atoms with Gasteiger partial charge in [0.1, 0.15) is 12.7 Å². The molecule has 0 amide bonds. The molecule has 3 atom stereocenters. The average Bonchev–Trinajstić information content (AvgIpc) is 3.39. The van der Waals surface area contributed by atoms with Gasteiger partial charge in [-0.05, 0) is 109 Å². The number of carbonyl (C=O) groups is 3. The van der Waals surface area contributed by atoms with Crippen LogP contribution in [0.3, 0.4) is 0 Å². The van der Waals surface area contributed by atoms with Crippen LogP contribution in [0.1, 0.15) is 226 Å². The maximum absolute atomic E-state index is 12.9. The second-order valence-corrected chi connectivity index (χ2v) is 20.1. The Labute approximate surface area is 450 Å². The van der Waals surface area contributed by atoms with Gasteiger partial charge in [-0.2, -0.15) is 0 Å². The molecule has 11 nitrogen and oxygen atoms in total. The van der Waals surface area contributed by atoms with Crippen LogP contribution in [0.15, 0.2) is 109 Å². The molecule has 0 fully saturated rings. The molecule has 0 aromatic rings. The minimum Gasteiger partial charge on any atom is -0.462 e. The number of esters is 3. The van der Waals surface area contributed by atoms with E-state index in [1.165, 1.54) is 83.5 Å². The largest absolute Gasteiger partial charge is 0.472 e. The van der Waals surface area contributed by atoms with Gasteiger partial charge in [-0.15, -0.1) is 0 Å². The third kappa shape index (κ3) is 53.0. The first-order valence-electron chi connectivity index (χ1n) is 28.8. The summed E-state index contributed by atoms with van der Waals surface area (Å²) in [6, 6.07) is 0. The molecule has 0 saturated heterocycles. The Balaban J connectivity index is 4.82. The Bertz CT molecular complexity index is 1660. The smallest absolute Gasteiger partial charge is 0.462 e. The fraction of sp³-hybridized carbons (Fsp3) is 0.661. The minimum atomic E-state index is -4.78. The van der Waals surface area contributed by atoms with E-state index in [9.17, 15) is 28.9 Å². The number of carbonyl (C=O) groups excluding carboxylic acids is 3. The Morgan fingerprint density at radius 1 is 0.392 bits per heavy atom. The molecule has 0 aliphatic rings. The van der Waals surface area contributed by atoms with Crippen molar-refractivity contribution in [3.8, 4) is 0 Å². The summed E-state index contributed by atoms with van der Waals surface area (Å²) >= 11 is 0. The normalized spacial score (nSPS) is 14.2. The van der Waals surface area contributed by atoms with Gasteiger partial charge in [-0.1, -0.05) is 207 Å². The van der Waals surface area contributed by atoms with Crippen LogP contribution in [0, 0.1) is 0 Å². The quantitative estimate of drug-likeness (QED) is 0.0197. The molecule has 0 aromatic heterocycles. The molecule has 2 N–H and O–H groups in total. The second kappa shape index (κ2) is 55.4. The zero-order chi connectivity index (χ0) is 54.1. The lowest BCUT2D eigenvalue weighted by Gasteiger charge is -2.21. The van der Waals surface area contributed by atoms with Gasteiger partial charge in [0.05, 0.1) is 19.8 Å². The van der Waals surface area contributed by atoms with E-state index in [0.717, 1.165) is 83.5 Å². The molecule has 0 aromatic carbocycles. The molecule has 422 valence electrons. The average molecular weight is 1060 g/mol. The van der Waals surface area contributed by atoms with Gasteiger partial charge >= 0.3 is 25.7 Å². The van der Waals surface area contributed by atoms with E-state index in [4.69, 9.17) is 23.3 Å². The summed E-state index contributed by atoms with van der Waals surface area (Å²) < 4.78 is 39.4. The monoisotopic (exact) mass is 1050 g/mol. The highest BCUT2D eigenvalue weighted by molar-refractivity contribution is 7.47. The van der Waals surface area contributed by atoms with Crippen LogP contribution in [0.5, 0.6) is 0 Å². The van der Waals surface area contributed by atoms with Gasteiger partial charge in [0.25, 0.3) is 0 Å². The van der Waals surface area contributed by atoms with Crippen molar-refractivity contribution < 1.29 is 52.2 Å². The first kappa shape index (κ1) is 70.1. The number of unbranched alkanes of at least 4 members (excludes halogenated alkanes) is 17. The molecule has 0 saturated carbocycles. The van der Waals surface area contributed by atoms with Crippen molar-refractivity contribution >= 4 is 25.7 Å². The Morgan fingerprint density at radius 3 is 1.20 bits per heavy atom. The lowest BCUT2D eigenvalue weighted by molar-refractivity contribution is -0.161. The predicted molar refractivity (Wildman–Crippen MR) is 307 cm³/mol. The molecular weight excluding hydrogens is 952 g/mol. The first-order chi connectivity index (χ1) is 36.2. The topological polar surface area (TPSA) is 155 Å². The van der Waals surface area contributed by atoms with Crippen LogP contribution in [0.2, 0.25) is 0 Å². The van der Waals surface area contributed by atoms with Crippen LogP contribution < -0.4 is 0 Å². The summed E-state index contributed by atoms with van der Waals surface area (Å²) in [5.74, 6) is -1.61. The SMILES string of the molecule is CC/C=C\C/C=C\C/C=C\C/C=C\CCCCC(=O)OC(COC(=O)CCCCCCCCCCC/C=C\CCCCCCCC)COP(=O)(O)OCC(CO)OC(=O)CC/C=C\C/C=C\C/C=C\C/C=C\CC. The van der Waals surface area contributed by atoms with E-state index in [1.54, 1.807) is 0 Å². The highest BCUT2D eigenvalue weighted by Gasteiger charge is 2.28. The molecule has 0 bridgehead atoms. The van der Waals surface area contributed by atoms with Crippen molar-refractivity contribution in [2.45, 2.75) is 238 Å². The van der Waals surface area contributed by atoms with E-state index in [1.807, 2.05) is 18.2 Å². The summed E-state index contributed by atoms with van der Waals surface area (Å²) in [5.41, 5.74) is 0. The second-order valence-electron chi connectivity index (χ2n) is 18.7. The summed E-state index contributed by atoms with van der Waals surface area (Å²) in [6.07, 6.45) is 66.5. The molecular formula is C62H103O11P. The predicted octanol–water partition coefficient (Wildman–Crippen LogP) is 17.0. The molecule has 3 unspecified atom stereocenters. The number of ether oxygens (including phenoxy) is 3. The number of allylic oxidation sites excluding steroid dienone is 18. The number of aliphatic hydroxyl groups is 1. The Hall–Kier alpha value is -3.86. The minimum absolute atomic E-state index is 0.0478. The van der Waals surface area contributed by atoms with Gasteiger partial charge in [-0.25, -0.2) is 4.57 Å². The lowest BCUT2D eigenvalue weighted by atomic mass is 10.1. The summed E-state index contributed by atoms with van der Waals surface area (Å²) in [7, 11) is -4.78. The third-order valence-corrected chi connectivity index (χ3v) is 12.6. The molecule has 0 aliphatic heterocycles. The Morgan fingerprint density at radius 2 is 0.730 bits per heavy atom. The zero-order valence-corrected chi connectivity index (χ0v) is 47.4. The van der Waals surface area contributed by atoms with Crippen molar-refractivity contribution in [3.05, 3.63) is 109 Å². The lowest BCUT2D eigenvalue weighted by Crippen LogP contribution is -2.30. The van der Waals surface area contributed by atoms with Gasteiger partial charge in [0.15, 0.2) is 6.10 Å². The number of hydrogen-bond donors (Lipinski definition) is 2. The van der Waals surface area contributed by atoms with Crippen LogP contribution >= 0.6 is 7.82 Å². The molecule has 0 radical (unpaired) electrons. The molecule has 0 heterocycles. The van der Waals surface area contributed by atoms with Gasteiger partial charge in [-0.3, -0.25) is 23.4 Å². The molecule has 0 rings (SSSR count). The van der Waals surface area contributed by atoms with Gasteiger partial charge in [0, 0.05) is 19.3 Å². The summed E-state index contributed by atoms with van der Waals surface area (Å²) in [5, 5.41) is 9.78. The van der Waals surface area contributed by atoms with Crippen molar-refractivity contribution in [2.75, 3.05) is 26.4 Å². The number of hydrogen-bond acceptors (Lipinski definition) is 10. The standard InChI is InChI=1S/C62H103O11P/c1-4-7-10-13-16-19-22-25-27-28-29-30-32-34-36-39-42-45-48-51-60(64)69-55-59(73-62(66)53-50-47-44-41-38-35-31-26-23-20-17-14-11-8-5-2)57-71-74(67,68)70-56-58(54-63)72-61(65)52-49-46-43-40-37-33-24-21-18-15-12-9-6-3/h8-9,11-12,17-18,20-21,25-27,31,33,37-38,41,43,46,58-59,63H,4-7,10,13-16,19,22-24,28-30,32,34-36,39-40,42,44-45,47-57H2,1-3H3,(H,67,68)/b11-8-,12-9-,20-17-,21-18-,27-25-,31-26-,37-33-,41-38-,46-43-. The van der Waals surface area contributed by atoms with Gasteiger partial charge < -0.3 is 24.2 Å². The maximum Gasteiger partial charge on any atom is 0.472 e. The van der Waals surface area contributed by atoms with Crippen molar-refractivity contribution in [1.29, 1.82) is 0 Å². The molecule has 12 heteroatoms. The number of aliphatic hydroxyl groups excluding tert-OH is 1. The molecule has 0 aliphatic carbocycles. The van der Waals surface area contributed by atoms with E-state index in [0.29, 0.717) is 19.3 Å². The van der Waals surface area contributed by atoms with Crippen LogP contribution in [-0.2, 0) is 42.2 Å². The van der Waals surface area contributed by atoms with Crippen molar-refractivity contribution in [2.24, 2.45) is 0 Å². The fourth-order valence-corrected chi connectivity index (χ4v) is 8.14. The molecule has 0 spiro atoms. The van der Waals surface area contributed by atoms with E-state index < -0.39 is 57.8 Å². The number of phosphoric ester groups is 1. The number of phosphoric acid groups is 1. The highest BCUT2D eigenvalue weighted by Crippen LogP contribution is 2.43. The first-order valence-corrected chi connectivity index (χ1v) is 30.3. The summed E-state index contributed by atoms with van der Waals surface area (Å²) in [6.45, 7) is 4.27. The van der Waals surface area contributed by atoms with E-state index in [-0.39, 0.29) is 25.9 Å². The van der Waals surface area contributed by atoms with Crippen LogP contribution in [0.4, 0.5) is 0 Å². The molecule has 74 heavy (non-hydrogen) atoms. The number of rotatable bonds is 52. The summed E-state index contributed by atoms with van der Waals surface area (Å²) in [4.78, 5) is 48.5.